The van der Waals surface area contributed by atoms with Crippen molar-refractivity contribution >= 4 is 11.6 Å². The van der Waals surface area contributed by atoms with Crippen molar-refractivity contribution in [3.8, 4) is 0 Å². The molecule has 1 aromatic carbocycles. The summed E-state index contributed by atoms with van der Waals surface area (Å²) in [6.07, 6.45) is 8.48. The summed E-state index contributed by atoms with van der Waals surface area (Å²) >= 11 is 6.15. The molecule has 3 rings (SSSR count). The molecule has 1 heterocycles. The number of hydrogen-bond acceptors (Lipinski definition) is 2. The van der Waals surface area contributed by atoms with Gasteiger partial charge in [-0.15, -0.1) is 0 Å². The van der Waals surface area contributed by atoms with Crippen LogP contribution in [-0.4, -0.2) is 12.2 Å². The molecule has 116 valence electrons. The van der Waals surface area contributed by atoms with Crippen LogP contribution in [0.4, 0.5) is 0 Å². The van der Waals surface area contributed by atoms with Gasteiger partial charge in [0.05, 0.1) is 5.60 Å². The monoisotopic (exact) mass is 307 g/mol. The van der Waals surface area contributed by atoms with E-state index >= 15 is 0 Å². The van der Waals surface area contributed by atoms with Crippen molar-refractivity contribution in [1.82, 2.24) is 0 Å². The van der Waals surface area contributed by atoms with Crippen molar-refractivity contribution in [3.63, 3.8) is 0 Å². The smallest absolute Gasteiger partial charge is 0.0686 e. The van der Waals surface area contributed by atoms with Crippen LogP contribution in [-0.2, 0) is 10.3 Å². The van der Waals surface area contributed by atoms with Crippen LogP contribution < -0.4 is 5.73 Å². The number of hydrogen-bond donors (Lipinski definition) is 1. The van der Waals surface area contributed by atoms with Gasteiger partial charge in [-0.25, -0.2) is 0 Å². The number of halogens is 1. The summed E-state index contributed by atoms with van der Waals surface area (Å²) in [5.74, 6) is 0.461. The van der Waals surface area contributed by atoms with Gasteiger partial charge in [0, 0.05) is 17.2 Å². The minimum atomic E-state index is -0.334. The number of benzene rings is 1. The second kappa shape index (κ2) is 5.91. The maximum Gasteiger partial charge on any atom is 0.0686 e. The van der Waals surface area contributed by atoms with Gasteiger partial charge in [-0.05, 0) is 56.2 Å². The standard InChI is InChI=1S/C18H26ClNO/c1-17(20,14-6-5-7-16(19)12-14)15-8-11-21-18(13-15)9-3-2-4-10-18/h5-7,12,15H,2-4,8-11,13,20H2,1H3. The van der Waals surface area contributed by atoms with E-state index in [9.17, 15) is 0 Å². The molecule has 0 aromatic heterocycles. The molecule has 0 radical (unpaired) electrons. The zero-order chi connectivity index (χ0) is 14.9. The molecule has 0 bridgehead atoms. The molecule has 2 unspecified atom stereocenters. The van der Waals surface area contributed by atoms with Crippen molar-refractivity contribution in [2.75, 3.05) is 6.61 Å². The summed E-state index contributed by atoms with van der Waals surface area (Å²) in [7, 11) is 0. The predicted molar refractivity (Wildman–Crippen MR) is 87.5 cm³/mol. The molecular formula is C18H26ClNO. The van der Waals surface area contributed by atoms with E-state index in [1.165, 1.54) is 32.1 Å². The van der Waals surface area contributed by atoms with E-state index in [-0.39, 0.29) is 11.1 Å². The summed E-state index contributed by atoms with van der Waals surface area (Å²) < 4.78 is 6.21. The molecule has 2 atom stereocenters. The fraction of sp³-hybridized carbons (Fsp3) is 0.667. The first-order valence-corrected chi connectivity index (χ1v) is 8.59. The molecule has 2 aliphatic rings. The third-order valence-corrected chi connectivity index (χ3v) is 5.79. The van der Waals surface area contributed by atoms with Gasteiger partial charge in [-0.3, -0.25) is 0 Å². The topological polar surface area (TPSA) is 35.2 Å². The zero-order valence-corrected chi connectivity index (χ0v) is 13.7. The Morgan fingerprint density at radius 3 is 2.76 bits per heavy atom. The second-order valence-corrected chi connectivity index (χ2v) is 7.51. The van der Waals surface area contributed by atoms with Crippen molar-refractivity contribution < 1.29 is 4.74 Å². The van der Waals surface area contributed by atoms with E-state index < -0.39 is 0 Å². The molecule has 1 saturated heterocycles. The Labute approximate surface area is 133 Å². The molecule has 2 nitrogen and oxygen atoms in total. The fourth-order valence-corrected chi connectivity index (χ4v) is 4.33. The average molecular weight is 308 g/mol. The molecule has 0 amide bonds. The third-order valence-electron chi connectivity index (χ3n) is 5.55. The van der Waals surface area contributed by atoms with Gasteiger partial charge in [0.15, 0.2) is 0 Å². The molecule has 1 aliphatic carbocycles. The summed E-state index contributed by atoms with van der Waals surface area (Å²) in [5, 5.41) is 0.767. The minimum absolute atomic E-state index is 0.0976. The SMILES string of the molecule is CC(N)(c1cccc(Cl)c1)C1CCOC2(CCCCC2)C1. The molecule has 21 heavy (non-hydrogen) atoms. The lowest BCUT2D eigenvalue weighted by atomic mass is 9.68. The third kappa shape index (κ3) is 3.13. The highest BCUT2D eigenvalue weighted by molar-refractivity contribution is 6.30. The summed E-state index contributed by atoms with van der Waals surface area (Å²) in [6, 6.07) is 8.03. The van der Waals surface area contributed by atoms with E-state index in [1.807, 2.05) is 18.2 Å². The van der Waals surface area contributed by atoms with Crippen molar-refractivity contribution in [2.24, 2.45) is 11.7 Å². The minimum Gasteiger partial charge on any atom is -0.375 e. The lowest BCUT2D eigenvalue weighted by Crippen LogP contribution is -2.50. The van der Waals surface area contributed by atoms with Crippen molar-refractivity contribution in [1.29, 1.82) is 0 Å². The number of nitrogens with two attached hydrogens (primary N) is 1. The van der Waals surface area contributed by atoms with Crippen LogP contribution in [0.5, 0.6) is 0 Å². The van der Waals surface area contributed by atoms with Gasteiger partial charge in [-0.2, -0.15) is 0 Å². The lowest BCUT2D eigenvalue weighted by Gasteiger charge is -2.48. The second-order valence-electron chi connectivity index (χ2n) is 7.07. The average Bonchev–Trinajstić information content (AvgIpc) is 2.48. The van der Waals surface area contributed by atoms with E-state index in [1.54, 1.807) is 0 Å². The Bertz CT molecular complexity index is 488. The Morgan fingerprint density at radius 2 is 2.05 bits per heavy atom. The molecular weight excluding hydrogens is 282 g/mol. The Balaban J connectivity index is 1.81. The first-order valence-electron chi connectivity index (χ1n) is 8.21. The highest BCUT2D eigenvalue weighted by Crippen LogP contribution is 2.45. The van der Waals surface area contributed by atoms with Crippen LogP contribution in [0.15, 0.2) is 24.3 Å². The zero-order valence-electron chi connectivity index (χ0n) is 12.9. The largest absolute Gasteiger partial charge is 0.375 e. The van der Waals surface area contributed by atoms with Gasteiger partial charge >= 0.3 is 0 Å². The molecule has 1 aliphatic heterocycles. The van der Waals surface area contributed by atoms with E-state index in [2.05, 4.69) is 13.0 Å². The van der Waals surface area contributed by atoms with Crippen molar-refractivity contribution in [3.05, 3.63) is 34.9 Å². The molecule has 1 aromatic rings. The maximum absolute atomic E-state index is 6.76. The Hall–Kier alpha value is -0.570. The highest BCUT2D eigenvalue weighted by atomic mass is 35.5. The van der Waals surface area contributed by atoms with E-state index in [0.717, 1.165) is 30.0 Å². The summed E-state index contributed by atoms with van der Waals surface area (Å²) in [6.45, 7) is 3.00. The van der Waals surface area contributed by atoms with Gasteiger partial charge in [0.25, 0.3) is 0 Å². The van der Waals surface area contributed by atoms with Crippen LogP contribution in [0.2, 0.25) is 5.02 Å². The van der Waals surface area contributed by atoms with E-state index in [4.69, 9.17) is 22.1 Å². The van der Waals surface area contributed by atoms with Crippen LogP contribution in [0.1, 0.15) is 57.4 Å². The van der Waals surface area contributed by atoms with Gasteiger partial charge in [-0.1, -0.05) is 43.0 Å². The highest BCUT2D eigenvalue weighted by Gasteiger charge is 2.44. The lowest BCUT2D eigenvalue weighted by molar-refractivity contribution is -0.127. The molecule has 2 N–H and O–H groups in total. The van der Waals surface area contributed by atoms with Crippen molar-refractivity contribution in [2.45, 2.75) is 63.0 Å². The number of rotatable bonds is 2. The molecule has 1 saturated carbocycles. The predicted octanol–water partition coefficient (Wildman–Crippen LogP) is 4.64. The van der Waals surface area contributed by atoms with Gasteiger partial charge < -0.3 is 10.5 Å². The Morgan fingerprint density at radius 1 is 1.29 bits per heavy atom. The maximum atomic E-state index is 6.76. The van der Waals surface area contributed by atoms with E-state index in [0.29, 0.717) is 5.92 Å². The van der Waals surface area contributed by atoms with Crippen LogP contribution in [0, 0.1) is 5.92 Å². The quantitative estimate of drug-likeness (QED) is 0.863. The molecule has 3 heteroatoms. The van der Waals surface area contributed by atoms with Crippen LogP contribution in [0.25, 0.3) is 0 Å². The summed E-state index contributed by atoms with van der Waals surface area (Å²) in [4.78, 5) is 0. The molecule has 1 spiro atoms. The first-order chi connectivity index (χ1) is 10.0. The first kappa shape index (κ1) is 15.3. The fourth-order valence-electron chi connectivity index (χ4n) is 4.14. The Kier molecular flexibility index (Phi) is 4.31. The van der Waals surface area contributed by atoms with Crippen LogP contribution >= 0.6 is 11.6 Å². The normalized spacial score (nSPS) is 28.2. The number of ether oxygens (including phenoxy) is 1. The van der Waals surface area contributed by atoms with Gasteiger partial charge in [0.1, 0.15) is 0 Å². The van der Waals surface area contributed by atoms with Crippen LogP contribution in [0.3, 0.4) is 0 Å². The van der Waals surface area contributed by atoms with Gasteiger partial charge in [0.2, 0.25) is 0 Å². The molecule has 2 fully saturated rings. The summed E-state index contributed by atoms with van der Waals surface area (Å²) in [5.41, 5.74) is 7.67.